The predicted molar refractivity (Wildman–Crippen MR) is 81.8 cm³/mol. The van der Waals surface area contributed by atoms with Crippen molar-refractivity contribution in [2.45, 2.75) is 45.1 Å². The topological polar surface area (TPSA) is 78.7 Å². The Labute approximate surface area is 127 Å². The maximum absolute atomic E-state index is 12.4. The molecule has 2 unspecified atom stereocenters. The Bertz CT molecular complexity index is 367. The molecule has 3 amide bonds. The quantitative estimate of drug-likeness (QED) is 0.807. The maximum Gasteiger partial charge on any atom is 0.317 e. The monoisotopic (exact) mass is 296 g/mol. The van der Waals surface area contributed by atoms with Crippen molar-refractivity contribution < 1.29 is 9.59 Å². The highest BCUT2D eigenvalue weighted by Crippen LogP contribution is 2.26. The van der Waals surface area contributed by atoms with Crippen molar-refractivity contribution in [1.82, 2.24) is 15.1 Å². The van der Waals surface area contributed by atoms with Crippen LogP contribution in [0.25, 0.3) is 0 Å². The summed E-state index contributed by atoms with van der Waals surface area (Å²) in [6, 6.07) is 0.151. The van der Waals surface area contributed by atoms with Crippen molar-refractivity contribution in [1.29, 1.82) is 0 Å². The second-order valence-corrected chi connectivity index (χ2v) is 6.12. The van der Waals surface area contributed by atoms with E-state index in [1.807, 2.05) is 11.8 Å². The first kappa shape index (κ1) is 16.1. The van der Waals surface area contributed by atoms with Crippen LogP contribution < -0.4 is 11.1 Å². The van der Waals surface area contributed by atoms with Crippen LogP contribution in [-0.2, 0) is 4.79 Å². The normalized spacial score (nSPS) is 26.6. The third-order valence-corrected chi connectivity index (χ3v) is 4.65. The number of piperazine rings is 1. The van der Waals surface area contributed by atoms with Crippen molar-refractivity contribution in [2.75, 3.05) is 32.7 Å². The minimum absolute atomic E-state index is 0.0288. The molecule has 0 spiro atoms. The molecule has 0 radical (unpaired) electrons. The zero-order chi connectivity index (χ0) is 15.2. The first-order chi connectivity index (χ1) is 10.1. The molecule has 1 aliphatic carbocycles. The van der Waals surface area contributed by atoms with Gasteiger partial charge in [-0.3, -0.25) is 4.79 Å². The number of nitrogens with one attached hydrogen (secondary N) is 1. The van der Waals surface area contributed by atoms with E-state index in [-0.39, 0.29) is 18.0 Å². The van der Waals surface area contributed by atoms with E-state index in [0.717, 1.165) is 12.8 Å². The van der Waals surface area contributed by atoms with E-state index in [1.54, 1.807) is 4.90 Å². The fraction of sp³-hybridized carbons (Fsp3) is 0.867. The van der Waals surface area contributed by atoms with Crippen LogP contribution in [0.2, 0.25) is 0 Å². The fourth-order valence-electron chi connectivity index (χ4n) is 3.27. The molecule has 2 atom stereocenters. The zero-order valence-electron chi connectivity index (χ0n) is 13.0. The van der Waals surface area contributed by atoms with E-state index < -0.39 is 0 Å². The van der Waals surface area contributed by atoms with Gasteiger partial charge in [0.1, 0.15) is 0 Å². The van der Waals surface area contributed by atoms with E-state index in [1.165, 1.54) is 12.8 Å². The van der Waals surface area contributed by atoms with Gasteiger partial charge in [-0.1, -0.05) is 12.8 Å². The number of hydrogen-bond donors (Lipinski definition) is 2. The zero-order valence-corrected chi connectivity index (χ0v) is 13.0. The first-order valence-corrected chi connectivity index (χ1v) is 8.18. The van der Waals surface area contributed by atoms with E-state index in [2.05, 4.69) is 5.32 Å². The Balaban J connectivity index is 1.76. The Kier molecular flexibility index (Phi) is 5.85. The Morgan fingerprint density at radius 1 is 1.10 bits per heavy atom. The number of rotatable bonds is 3. The van der Waals surface area contributed by atoms with Crippen LogP contribution in [0.1, 0.15) is 39.0 Å². The van der Waals surface area contributed by atoms with Crippen LogP contribution in [-0.4, -0.2) is 60.5 Å². The Morgan fingerprint density at radius 2 is 1.71 bits per heavy atom. The molecule has 0 aromatic rings. The average molecular weight is 296 g/mol. The summed E-state index contributed by atoms with van der Waals surface area (Å²) < 4.78 is 0. The van der Waals surface area contributed by atoms with Crippen LogP contribution in [0.15, 0.2) is 0 Å². The molecule has 2 fully saturated rings. The van der Waals surface area contributed by atoms with E-state index >= 15 is 0 Å². The van der Waals surface area contributed by atoms with Gasteiger partial charge in [-0.2, -0.15) is 0 Å². The Morgan fingerprint density at radius 3 is 2.33 bits per heavy atom. The number of carbonyl (C=O) groups excluding carboxylic acids is 2. The van der Waals surface area contributed by atoms with Crippen molar-refractivity contribution in [3.05, 3.63) is 0 Å². The molecule has 2 aliphatic rings. The van der Waals surface area contributed by atoms with Gasteiger partial charge in [0.2, 0.25) is 5.91 Å². The molecule has 3 N–H and O–H groups in total. The van der Waals surface area contributed by atoms with Gasteiger partial charge in [0.15, 0.2) is 0 Å². The molecular formula is C15H28N4O2. The van der Waals surface area contributed by atoms with Gasteiger partial charge in [0.25, 0.3) is 0 Å². The summed E-state index contributed by atoms with van der Waals surface area (Å²) in [4.78, 5) is 27.8. The van der Waals surface area contributed by atoms with Crippen LogP contribution >= 0.6 is 0 Å². The van der Waals surface area contributed by atoms with Crippen molar-refractivity contribution in [3.8, 4) is 0 Å². The number of amides is 3. The van der Waals surface area contributed by atoms with E-state index in [0.29, 0.717) is 45.1 Å². The summed E-state index contributed by atoms with van der Waals surface area (Å²) in [5, 5.41) is 2.80. The van der Waals surface area contributed by atoms with Gasteiger partial charge >= 0.3 is 6.03 Å². The van der Waals surface area contributed by atoms with Crippen LogP contribution in [0.3, 0.4) is 0 Å². The molecule has 0 aromatic carbocycles. The highest BCUT2D eigenvalue weighted by molar-refractivity contribution is 5.78. The summed E-state index contributed by atoms with van der Waals surface area (Å²) in [7, 11) is 0. The van der Waals surface area contributed by atoms with Gasteiger partial charge < -0.3 is 20.9 Å². The lowest BCUT2D eigenvalue weighted by Crippen LogP contribution is -2.53. The smallest absolute Gasteiger partial charge is 0.317 e. The number of urea groups is 1. The first-order valence-electron chi connectivity index (χ1n) is 8.18. The van der Waals surface area contributed by atoms with E-state index in [9.17, 15) is 9.59 Å². The molecule has 6 nitrogen and oxygen atoms in total. The van der Waals surface area contributed by atoms with E-state index in [4.69, 9.17) is 5.73 Å². The summed E-state index contributed by atoms with van der Waals surface area (Å²) in [6.45, 7) is 5.06. The molecule has 1 heterocycles. The van der Waals surface area contributed by atoms with Gasteiger partial charge in [-0.15, -0.1) is 0 Å². The fourth-order valence-corrected chi connectivity index (χ4v) is 3.27. The third kappa shape index (κ3) is 4.33. The largest absolute Gasteiger partial charge is 0.339 e. The number of nitrogens with two attached hydrogens (primary N) is 1. The molecule has 6 heteroatoms. The Hall–Kier alpha value is -1.30. The van der Waals surface area contributed by atoms with Gasteiger partial charge in [-0.25, -0.2) is 4.79 Å². The molecule has 21 heavy (non-hydrogen) atoms. The summed E-state index contributed by atoms with van der Waals surface area (Å²) >= 11 is 0. The van der Waals surface area contributed by atoms with Gasteiger partial charge in [0.05, 0.1) is 0 Å². The number of carbonyl (C=O) groups is 2. The minimum Gasteiger partial charge on any atom is -0.339 e. The lowest BCUT2D eigenvalue weighted by Gasteiger charge is -2.36. The molecule has 1 aliphatic heterocycles. The predicted octanol–water partition coefficient (Wildman–Crippen LogP) is 0.768. The maximum atomic E-state index is 12.4. The average Bonchev–Trinajstić information content (AvgIpc) is 2.50. The number of nitrogens with zero attached hydrogens (tertiary/aromatic N) is 2. The standard InChI is InChI=1S/C15H28N4O2/c1-2-17-15(21)19-9-7-18(8-10-19)14(20)11-12-5-3-4-6-13(12)16/h12-13H,2-11,16H2,1H3,(H,17,21). The van der Waals surface area contributed by atoms with Gasteiger partial charge in [0, 0.05) is 45.2 Å². The molecule has 0 aromatic heterocycles. The van der Waals surface area contributed by atoms with Crippen LogP contribution in [0.4, 0.5) is 4.79 Å². The molecule has 2 rings (SSSR count). The van der Waals surface area contributed by atoms with Gasteiger partial charge in [-0.05, 0) is 25.7 Å². The second kappa shape index (κ2) is 7.64. The van der Waals surface area contributed by atoms with Crippen molar-refractivity contribution in [3.63, 3.8) is 0 Å². The molecule has 1 saturated heterocycles. The summed E-state index contributed by atoms with van der Waals surface area (Å²) in [6.07, 6.45) is 5.07. The van der Waals surface area contributed by atoms with Crippen LogP contribution in [0.5, 0.6) is 0 Å². The highest BCUT2D eigenvalue weighted by Gasteiger charge is 2.28. The second-order valence-electron chi connectivity index (χ2n) is 6.12. The molecule has 120 valence electrons. The molecular weight excluding hydrogens is 268 g/mol. The third-order valence-electron chi connectivity index (χ3n) is 4.65. The molecule has 0 bridgehead atoms. The highest BCUT2D eigenvalue weighted by atomic mass is 16.2. The lowest BCUT2D eigenvalue weighted by atomic mass is 9.82. The SMILES string of the molecule is CCNC(=O)N1CCN(C(=O)CC2CCCCC2N)CC1. The van der Waals surface area contributed by atoms with Crippen molar-refractivity contribution >= 4 is 11.9 Å². The summed E-state index contributed by atoms with van der Waals surface area (Å²) in [5.41, 5.74) is 6.12. The molecule has 1 saturated carbocycles. The van der Waals surface area contributed by atoms with Crippen LogP contribution in [0, 0.1) is 5.92 Å². The van der Waals surface area contributed by atoms with Crippen molar-refractivity contribution in [2.24, 2.45) is 11.7 Å². The summed E-state index contributed by atoms with van der Waals surface area (Å²) in [5.74, 6) is 0.542. The minimum atomic E-state index is -0.0288. The number of hydrogen-bond acceptors (Lipinski definition) is 3. The lowest BCUT2D eigenvalue weighted by molar-refractivity contribution is -0.134.